The van der Waals surface area contributed by atoms with Gasteiger partial charge in [-0.2, -0.15) is 0 Å². The Kier molecular flexibility index (Phi) is 4.82. The number of allylic oxidation sites excluding steroid dienone is 1. The predicted octanol–water partition coefficient (Wildman–Crippen LogP) is 0.630. The molecule has 0 unspecified atom stereocenters. The molecule has 0 aromatic heterocycles. The summed E-state index contributed by atoms with van der Waals surface area (Å²) in [6.07, 6.45) is 3.65. The van der Waals surface area contributed by atoms with Gasteiger partial charge in [-0.25, -0.2) is 5.48 Å². The lowest BCUT2D eigenvalue weighted by molar-refractivity contribution is -0.130. The zero-order valence-corrected chi connectivity index (χ0v) is 5.68. The van der Waals surface area contributed by atoms with Crippen molar-refractivity contribution in [1.29, 1.82) is 0 Å². The predicted molar refractivity (Wildman–Crippen MR) is 34.6 cm³/mol. The van der Waals surface area contributed by atoms with Gasteiger partial charge < -0.3 is 0 Å². The van der Waals surface area contributed by atoms with Crippen LogP contribution in [0.5, 0.6) is 0 Å². The fourth-order valence-electron chi connectivity index (χ4n) is 0.288. The molecule has 3 nitrogen and oxygen atoms in total. The molecule has 0 saturated heterocycles. The number of carbonyl (C=O) groups excluding carboxylic acids is 1. The summed E-state index contributed by atoms with van der Waals surface area (Å²) in [5.41, 5.74) is 2.19. The molecule has 3 heteroatoms. The number of hydrogen-bond donors (Lipinski definition) is 1. The summed E-state index contributed by atoms with van der Waals surface area (Å²) in [6.45, 7) is 3.71. The standard InChI is InChI=1S/C6H11NO2/c1-3-4-5-9-7-6(2)8/h3-4H,5H2,1-2H3,(H,7,8)/b4-3+. The highest BCUT2D eigenvalue weighted by Gasteiger charge is 1.84. The molecule has 0 spiro atoms. The number of nitrogens with one attached hydrogen (secondary N) is 1. The van der Waals surface area contributed by atoms with Gasteiger partial charge in [0.1, 0.15) is 0 Å². The van der Waals surface area contributed by atoms with Crippen molar-refractivity contribution >= 4 is 5.91 Å². The highest BCUT2D eigenvalue weighted by atomic mass is 16.6. The quantitative estimate of drug-likeness (QED) is 0.345. The van der Waals surface area contributed by atoms with Crippen LogP contribution in [-0.2, 0) is 9.63 Å². The Morgan fingerprint density at radius 2 is 2.44 bits per heavy atom. The number of hydroxylamine groups is 1. The average molecular weight is 129 g/mol. The van der Waals surface area contributed by atoms with Crippen molar-refractivity contribution in [2.45, 2.75) is 13.8 Å². The van der Waals surface area contributed by atoms with Gasteiger partial charge >= 0.3 is 0 Å². The maximum Gasteiger partial charge on any atom is 0.240 e. The molecule has 0 heterocycles. The molecule has 0 aliphatic rings. The first-order valence-corrected chi connectivity index (χ1v) is 2.77. The first-order chi connectivity index (χ1) is 4.27. The Labute approximate surface area is 54.7 Å². The molecular formula is C6H11NO2. The Bertz CT molecular complexity index is 110. The van der Waals surface area contributed by atoms with E-state index in [0.29, 0.717) is 6.61 Å². The van der Waals surface area contributed by atoms with E-state index in [1.165, 1.54) is 6.92 Å². The van der Waals surface area contributed by atoms with Crippen LogP contribution in [0.2, 0.25) is 0 Å². The first kappa shape index (κ1) is 8.17. The van der Waals surface area contributed by atoms with Crippen LogP contribution < -0.4 is 5.48 Å². The van der Waals surface area contributed by atoms with Crippen LogP contribution >= 0.6 is 0 Å². The molecule has 1 N–H and O–H groups in total. The molecule has 52 valence electrons. The van der Waals surface area contributed by atoms with Crippen molar-refractivity contribution < 1.29 is 9.63 Å². The molecule has 0 aromatic carbocycles. The van der Waals surface area contributed by atoms with Crippen LogP contribution in [0, 0.1) is 0 Å². The van der Waals surface area contributed by atoms with Crippen molar-refractivity contribution in [3.63, 3.8) is 0 Å². The normalized spacial score (nSPS) is 10.0. The van der Waals surface area contributed by atoms with Crippen molar-refractivity contribution in [3.05, 3.63) is 12.2 Å². The smallest absolute Gasteiger partial charge is 0.240 e. The van der Waals surface area contributed by atoms with Crippen LogP contribution in [-0.4, -0.2) is 12.5 Å². The van der Waals surface area contributed by atoms with Gasteiger partial charge in [0.25, 0.3) is 0 Å². The molecular weight excluding hydrogens is 118 g/mol. The minimum absolute atomic E-state index is 0.181. The summed E-state index contributed by atoms with van der Waals surface area (Å²) < 4.78 is 0. The third-order valence-electron chi connectivity index (χ3n) is 0.631. The molecule has 1 amide bonds. The van der Waals surface area contributed by atoms with E-state index in [4.69, 9.17) is 0 Å². The number of rotatable bonds is 3. The monoisotopic (exact) mass is 129 g/mol. The number of carbonyl (C=O) groups is 1. The minimum atomic E-state index is -0.181. The fourth-order valence-corrected chi connectivity index (χ4v) is 0.288. The topological polar surface area (TPSA) is 38.3 Å². The molecule has 9 heavy (non-hydrogen) atoms. The minimum Gasteiger partial charge on any atom is -0.273 e. The van der Waals surface area contributed by atoms with Crippen molar-refractivity contribution in [2.24, 2.45) is 0 Å². The molecule has 0 atom stereocenters. The van der Waals surface area contributed by atoms with Gasteiger partial charge in [0, 0.05) is 6.92 Å². The second kappa shape index (κ2) is 5.31. The lowest BCUT2D eigenvalue weighted by atomic mass is 10.6. The van der Waals surface area contributed by atoms with Gasteiger partial charge in [-0.3, -0.25) is 9.63 Å². The second-order valence-electron chi connectivity index (χ2n) is 1.54. The van der Waals surface area contributed by atoms with Crippen LogP contribution in [0.1, 0.15) is 13.8 Å². The van der Waals surface area contributed by atoms with Gasteiger partial charge in [-0.15, -0.1) is 0 Å². The number of hydrogen-bond acceptors (Lipinski definition) is 2. The Morgan fingerprint density at radius 1 is 1.78 bits per heavy atom. The summed E-state index contributed by atoms with van der Waals surface area (Å²) in [7, 11) is 0. The highest BCUT2D eigenvalue weighted by molar-refractivity contribution is 5.71. The van der Waals surface area contributed by atoms with Gasteiger partial charge in [-0.1, -0.05) is 12.2 Å². The van der Waals surface area contributed by atoms with Crippen LogP contribution in [0.15, 0.2) is 12.2 Å². The average Bonchev–Trinajstić information content (AvgIpc) is 1.80. The van der Waals surface area contributed by atoms with Gasteiger partial charge in [-0.05, 0) is 6.92 Å². The summed E-state index contributed by atoms with van der Waals surface area (Å²) in [4.78, 5) is 14.8. The largest absolute Gasteiger partial charge is 0.273 e. The highest BCUT2D eigenvalue weighted by Crippen LogP contribution is 1.71. The molecule has 0 aliphatic heterocycles. The van der Waals surface area contributed by atoms with Gasteiger partial charge in [0.05, 0.1) is 6.61 Å². The van der Waals surface area contributed by atoms with Gasteiger partial charge in [0.2, 0.25) is 5.91 Å². The number of amides is 1. The molecule has 0 rings (SSSR count). The lowest BCUT2D eigenvalue weighted by Gasteiger charge is -1.96. The maximum absolute atomic E-state index is 10.1. The van der Waals surface area contributed by atoms with E-state index in [1.54, 1.807) is 6.08 Å². The molecule has 0 aromatic rings. The van der Waals surface area contributed by atoms with Crippen LogP contribution in [0.25, 0.3) is 0 Å². The van der Waals surface area contributed by atoms with E-state index in [2.05, 4.69) is 10.3 Å². The Balaban J connectivity index is 3.01. The maximum atomic E-state index is 10.1. The first-order valence-electron chi connectivity index (χ1n) is 2.77. The van der Waals surface area contributed by atoms with Gasteiger partial charge in [0.15, 0.2) is 0 Å². The van der Waals surface area contributed by atoms with E-state index >= 15 is 0 Å². The molecule has 0 aliphatic carbocycles. The van der Waals surface area contributed by atoms with Crippen LogP contribution in [0.3, 0.4) is 0 Å². The van der Waals surface area contributed by atoms with Crippen LogP contribution in [0.4, 0.5) is 0 Å². The van der Waals surface area contributed by atoms with Crippen molar-refractivity contribution in [1.82, 2.24) is 5.48 Å². The summed E-state index contributed by atoms with van der Waals surface area (Å²) in [5.74, 6) is -0.181. The van der Waals surface area contributed by atoms with E-state index in [-0.39, 0.29) is 5.91 Å². The molecule has 0 bridgehead atoms. The summed E-state index contributed by atoms with van der Waals surface area (Å²) >= 11 is 0. The zero-order valence-electron chi connectivity index (χ0n) is 5.68. The fraction of sp³-hybridized carbons (Fsp3) is 0.500. The Morgan fingerprint density at radius 3 is 2.89 bits per heavy atom. The summed E-state index contributed by atoms with van der Waals surface area (Å²) in [5, 5.41) is 0. The SMILES string of the molecule is C/C=C/CONC(C)=O. The van der Waals surface area contributed by atoms with E-state index in [0.717, 1.165) is 0 Å². The Hall–Kier alpha value is -0.830. The van der Waals surface area contributed by atoms with Crippen molar-refractivity contribution in [2.75, 3.05) is 6.61 Å². The van der Waals surface area contributed by atoms with E-state index in [9.17, 15) is 4.79 Å². The third kappa shape index (κ3) is 7.17. The second-order valence-corrected chi connectivity index (χ2v) is 1.54. The third-order valence-corrected chi connectivity index (χ3v) is 0.631. The zero-order chi connectivity index (χ0) is 7.11. The molecule has 0 radical (unpaired) electrons. The summed E-state index contributed by atoms with van der Waals surface area (Å²) in [6, 6.07) is 0. The van der Waals surface area contributed by atoms with E-state index < -0.39 is 0 Å². The van der Waals surface area contributed by atoms with Crippen molar-refractivity contribution in [3.8, 4) is 0 Å². The lowest BCUT2D eigenvalue weighted by Crippen LogP contribution is -2.19. The molecule has 0 fully saturated rings. The molecule has 0 saturated carbocycles. The van der Waals surface area contributed by atoms with E-state index in [1.807, 2.05) is 13.0 Å².